The zero-order chi connectivity index (χ0) is 18.3. The number of esters is 1. The van der Waals surface area contributed by atoms with Crippen LogP contribution in [0.1, 0.15) is 57.3 Å². The highest BCUT2D eigenvalue weighted by molar-refractivity contribution is 5.95. The summed E-state index contributed by atoms with van der Waals surface area (Å²) in [7, 11) is 0. The summed E-state index contributed by atoms with van der Waals surface area (Å²) in [5, 5.41) is 7.42. The van der Waals surface area contributed by atoms with E-state index >= 15 is 0 Å². The Morgan fingerprint density at radius 1 is 1.25 bits per heavy atom. The molecule has 24 heavy (non-hydrogen) atoms. The highest BCUT2D eigenvalue weighted by Crippen LogP contribution is 2.35. The maximum Gasteiger partial charge on any atom is 0.340 e. The summed E-state index contributed by atoms with van der Waals surface area (Å²) in [4.78, 5) is 21.3. The average Bonchev–Trinajstić information content (AvgIpc) is 2.46. The van der Waals surface area contributed by atoms with Crippen molar-refractivity contribution in [1.82, 2.24) is 0 Å². The second-order valence-electron chi connectivity index (χ2n) is 6.88. The Kier molecular flexibility index (Phi) is 7.75. The van der Waals surface area contributed by atoms with Gasteiger partial charge in [0.2, 0.25) is 0 Å². The number of hydrogen-bond donors (Lipinski definition) is 2. The molecule has 1 aliphatic rings. The van der Waals surface area contributed by atoms with Crippen LogP contribution < -0.4 is 5.73 Å². The molecule has 0 spiro atoms. The number of carboxylic acid groups (broad SMARTS) is 1. The Balaban J connectivity index is 0.000000648. The van der Waals surface area contributed by atoms with E-state index in [1.807, 2.05) is 12.1 Å². The second-order valence-corrected chi connectivity index (χ2v) is 6.88. The summed E-state index contributed by atoms with van der Waals surface area (Å²) in [6.07, 6.45) is 3.35. The van der Waals surface area contributed by atoms with E-state index in [0.717, 1.165) is 19.8 Å². The lowest BCUT2D eigenvalue weighted by Gasteiger charge is -2.36. The first-order valence-corrected chi connectivity index (χ1v) is 8.47. The molecule has 0 radical (unpaired) electrons. The van der Waals surface area contributed by atoms with Gasteiger partial charge in [0, 0.05) is 12.6 Å². The van der Waals surface area contributed by atoms with E-state index in [9.17, 15) is 4.79 Å². The van der Waals surface area contributed by atoms with Crippen LogP contribution in [0.5, 0.6) is 0 Å². The van der Waals surface area contributed by atoms with Gasteiger partial charge in [0.15, 0.2) is 0 Å². The van der Waals surface area contributed by atoms with Crippen molar-refractivity contribution in [2.75, 3.05) is 5.73 Å². The quantitative estimate of drug-likeness (QED) is 0.644. The zero-order valence-electron chi connectivity index (χ0n) is 15.0. The number of aliphatic carboxylic acids is 1. The van der Waals surface area contributed by atoms with Crippen molar-refractivity contribution in [3.8, 4) is 0 Å². The van der Waals surface area contributed by atoms with Crippen LogP contribution in [0.3, 0.4) is 0 Å². The van der Waals surface area contributed by atoms with Crippen LogP contribution in [-0.2, 0) is 9.53 Å². The van der Waals surface area contributed by atoms with E-state index in [2.05, 4.69) is 20.8 Å². The summed E-state index contributed by atoms with van der Waals surface area (Å²) in [5.41, 5.74) is 6.82. The second kappa shape index (κ2) is 9.30. The predicted octanol–water partition coefficient (Wildman–Crippen LogP) is 3.98. The number of ether oxygens (including phenoxy) is 1. The molecule has 2 rings (SSSR count). The molecule has 0 aromatic heterocycles. The molecule has 0 saturated heterocycles. The molecule has 1 saturated carbocycles. The monoisotopic (exact) mass is 335 g/mol. The third-order valence-corrected chi connectivity index (χ3v) is 4.40. The van der Waals surface area contributed by atoms with E-state index in [1.165, 1.54) is 6.42 Å². The Hall–Kier alpha value is -2.04. The molecule has 1 aliphatic carbocycles. The molecule has 0 amide bonds. The fourth-order valence-corrected chi connectivity index (χ4v) is 3.13. The molecule has 3 atom stereocenters. The minimum absolute atomic E-state index is 0.0193. The molecule has 1 aromatic carbocycles. The van der Waals surface area contributed by atoms with Gasteiger partial charge in [0.1, 0.15) is 6.10 Å². The number of carbonyl (C=O) groups is 2. The number of rotatable bonds is 3. The van der Waals surface area contributed by atoms with Gasteiger partial charge in [-0.15, -0.1) is 0 Å². The number of nitrogen functional groups attached to an aromatic ring is 1. The van der Waals surface area contributed by atoms with Crippen LogP contribution in [0.25, 0.3) is 0 Å². The third kappa shape index (κ3) is 6.22. The summed E-state index contributed by atoms with van der Waals surface area (Å²) in [6, 6.07) is 7.11. The molecule has 1 aromatic rings. The molecule has 1 fully saturated rings. The van der Waals surface area contributed by atoms with Gasteiger partial charge >= 0.3 is 5.97 Å². The Labute approximate surface area is 144 Å². The van der Waals surface area contributed by atoms with Gasteiger partial charge in [-0.05, 0) is 42.7 Å². The van der Waals surface area contributed by atoms with Gasteiger partial charge in [0.05, 0.1) is 5.56 Å². The van der Waals surface area contributed by atoms with Crippen LogP contribution in [0, 0.1) is 17.8 Å². The van der Waals surface area contributed by atoms with Gasteiger partial charge < -0.3 is 15.6 Å². The highest BCUT2D eigenvalue weighted by atomic mass is 16.5. The fraction of sp³-hybridized carbons (Fsp3) is 0.579. The van der Waals surface area contributed by atoms with Crippen LogP contribution in [-0.4, -0.2) is 23.1 Å². The number of para-hydroxylation sites is 1. The topological polar surface area (TPSA) is 89.6 Å². The van der Waals surface area contributed by atoms with Crippen molar-refractivity contribution in [1.29, 1.82) is 0 Å². The van der Waals surface area contributed by atoms with Crippen LogP contribution in [0.4, 0.5) is 5.69 Å². The lowest BCUT2D eigenvalue weighted by atomic mass is 9.75. The van der Waals surface area contributed by atoms with E-state index in [1.54, 1.807) is 12.1 Å². The normalized spacial score (nSPS) is 23.1. The highest BCUT2D eigenvalue weighted by Gasteiger charge is 2.33. The average molecular weight is 335 g/mol. The van der Waals surface area contributed by atoms with Crippen molar-refractivity contribution >= 4 is 17.6 Å². The molecular weight excluding hydrogens is 306 g/mol. The minimum atomic E-state index is -0.833. The van der Waals surface area contributed by atoms with Crippen LogP contribution in [0.15, 0.2) is 24.3 Å². The maximum atomic E-state index is 12.3. The molecule has 134 valence electrons. The molecular formula is C19H29NO4. The Morgan fingerprint density at radius 3 is 2.38 bits per heavy atom. The summed E-state index contributed by atoms with van der Waals surface area (Å²) in [5.74, 6) is 0.497. The van der Waals surface area contributed by atoms with Crippen LogP contribution in [0.2, 0.25) is 0 Å². The van der Waals surface area contributed by atoms with Crippen molar-refractivity contribution < 1.29 is 19.4 Å². The van der Waals surface area contributed by atoms with Crippen molar-refractivity contribution in [2.24, 2.45) is 17.8 Å². The Bertz CT molecular complexity index is 552. The van der Waals surface area contributed by atoms with Gasteiger partial charge in [0.25, 0.3) is 5.97 Å². The lowest BCUT2D eigenvalue weighted by molar-refractivity contribution is -0.134. The largest absolute Gasteiger partial charge is 0.481 e. The van der Waals surface area contributed by atoms with Crippen molar-refractivity contribution in [3.63, 3.8) is 0 Å². The number of anilines is 1. The van der Waals surface area contributed by atoms with Crippen molar-refractivity contribution in [2.45, 2.75) is 53.1 Å². The summed E-state index contributed by atoms with van der Waals surface area (Å²) < 4.78 is 5.78. The van der Waals surface area contributed by atoms with Crippen LogP contribution >= 0.6 is 0 Å². The molecule has 5 nitrogen and oxygen atoms in total. The number of benzene rings is 1. The summed E-state index contributed by atoms with van der Waals surface area (Å²) in [6.45, 7) is 7.73. The maximum absolute atomic E-state index is 12.3. The van der Waals surface area contributed by atoms with Gasteiger partial charge in [-0.25, -0.2) is 4.79 Å². The first-order valence-electron chi connectivity index (χ1n) is 8.47. The molecule has 0 heterocycles. The lowest BCUT2D eigenvalue weighted by Crippen LogP contribution is -2.36. The van der Waals surface area contributed by atoms with E-state index < -0.39 is 5.97 Å². The van der Waals surface area contributed by atoms with E-state index in [4.69, 9.17) is 20.4 Å². The zero-order valence-corrected chi connectivity index (χ0v) is 15.0. The number of nitrogens with two attached hydrogens (primary N) is 1. The molecule has 0 bridgehead atoms. The molecule has 5 heteroatoms. The van der Waals surface area contributed by atoms with E-state index in [0.29, 0.717) is 29.0 Å². The van der Waals surface area contributed by atoms with Gasteiger partial charge in [-0.2, -0.15) is 0 Å². The number of carboxylic acids is 1. The standard InChI is InChI=1S/C17H25NO2.C2H4O2/c1-11(2)13-9-8-12(3)10-16(13)20-17(19)14-6-4-5-7-15(14)18;1-2(3)4/h4-7,11-13,16H,8-10,18H2,1-3H3;1H3,(H,3,4). The Morgan fingerprint density at radius 2 is 1.83 bits per heavy atom. The van der Waals surface area contributed by atoms with Gasteiger partial charge in [-0.3, -0.25) is 4.79 Å². The third-order valence-electron chi connectivity index (χ3n) is 4.40. The molecule has 0 aliphatic heterocycles. The molecule has 3 unspecified atom stereocenters. The van der Waals surface area contributed by atoms with E-state index in [-0.39, 0.29) is 12.1 Å². The van der Waals surface area contributed by atoms with Gasteiger partial charge in [-0.1, -0.05) is 39.3 Å². The minimum Gasteiger partial charge on any atom is -0.481 e. The smallest absolute Gasteiger partial charge is 0.340 e. The SMILES string of the molecule is CC(=O)O.CC1CCC(C(C)C)C(OC(=O)c2ccccc2N)C1. The predicted molar refractivity (Wildman–Crippen MR) is 94.7 cm³/mol. The van der Waals surface area contributed by atoms with Crippen molar-refractivity contribution in [3.05, 3.63) is 29.8 Å². The molecule has 3 N–H and O–H groups in total. The number of hydrogen-bond acceptors (Lipinski definition) is 4. The fourth-order valence-electron chi connectivity index (χ4n) is 3.13. The first kappa shape index (κ1) is 20.0. The first-order chi connectivity index (χ1) is 11.2. The summed E-state index contributed by atoms with van der Waals surface area (Å²) >= 11 is 0. The number of carbonyl (C=O) groups excluding carboxylic acids is 1.